The molecule has 0 aliphatic carbocycles. The smallest absolute Gasteiger partial charge is 0.123 e. The SMILES string of the molecule is CNCC1CSc2ccc(F)cc2C1. The minimum absolute atomic E-state index is 0.116. The van der Waals surface area contributed by atoms with E-state index in [4.69, 9.17) is 0 Å². The number of benzene rings is 1. The van der Waals surface area contributed by atoms with Crippen LogP contribution < -0.4 is 5.32 Å². The Morgan fingerprint density at radius 3 is 3.21 bits per heavy atom. The monoisotopic (exact) mass is 211 g/mol. The number of halogens is 1. The molecule has 0 aromatic heterocycles. The van der Waals surface area contributed by atoms with E-state index in [-0.39, 0.29) is 5.82 Å². The standard InChI is InChI=1S/C11H14FNS/c1-13-6-8-4-9-5-10(12)2-3-11(9)14-7-8/h2-3,5,8,13H,4,6-7H2,1H3. The van der Waals surface area contributed by atoms with E-state index in [1.807, 2.05) is 24.9 Å². The van der Waals surface area contributed by atoms with Crippen LogP contribution >= 0.6 is 11.8 Å². The van der Waals surface area contributed by atoms with Gasteiger partial charge in [-0.3, -0.25) is 0 Å². The maximum absolute atomic E-state index is 13.0. The van der Waals surface area contributed by atoms with Gasteiger partial charge in [0.25, 0.3) is 0 Å². The van der Waals surface area contributed by atoms with Crippen molar-refractivity contribution in [2.45, 2.75) is 11.3 Å². The first kappa shape index (κ1) is 9.99. The zero-order valence-electron chi connectivity index (χ0n) is 8.22. The van der Waals surface area contributed by atoms with Gasteiger partial charge in [0.2, 0.25) is 0 Å². The third-order valence-corrected chi connectivity index (χ3v) is 3.85. The molecule has 0 amide bonds. The second-order valence-electron chi connectivity index (χ2n) is 3.69. The molecule has 1 nitrogen and oxygen atoms in total. The van der Waals surface area contributed by atoms with E-state index in [1.54, 1.807) is 12.1 Å². The van der Waals surface area contributed by atoms with Gasteiger partial charge in [0, 0.05) is 10.6 Å². The summed E-state index contributed by atoms with van der Waals surface area (Å²) in [5, 5.41) is 3.18. The Balaban J connectivity index is 2.16. The number of hydrogen-bond acceptors (Lipinski definition) is 2. The van der Waals surface area contributed by atoms with Gasteiger partial charge in [-0.2, -0.15) is 0 Å². The van der Waals surface area contributed by atoms with Crippen molar-refractivity contribution in [1.29, 1.82) is 0 Å². The van der Waals surface area contributed by atoms with Gasteiger partial charge in [0.15, 0.2) is 0 Å². The summed E-state index contributed by atoms with van der Waals surface area (Å²) < 4.78 is 13.0. The van der Waals surface area contributed by atoms with E-state index >= 15 is 0 Å². The highest BCUT2D eigenvalue weighted by Crippen LogP contribution is 2.32. The fourth-order valence-electron chi connectivity index (χ4n) is 1.85. The molecule has 1 N–H and O–H groups in total. The largest absolute Gasteiger partial charge is 0.319 e. The minimum Gasteiger partial charge on any atom is -0.319 e. The zero-order chi connectivity index (χ0) is 9.97. The van der Waals surface area contributed by atoms with Crippen LogP contribution in [-0.4, -0.2) is 19.3 Å². The maximum atomic E-state index is 13.0. The zero-order valence-corrected chi connectivity index (χ0v) is 9.03. The van der Waals surface area contributed by atoms with Crippen molar-refractivity contribution in [2.75, 3.05) is 19.3 Å². The van der Waals surface area contributed by atoms with Crippen molar-refractivity contribution in [3.63, 3.8) is 0 Å². The molecule has 1 heterocycles. The predicted octanol–water partition coefficient (Wildman–Crippen LogP) is 2.31. The summed E-state index contributed by atoms with van der Waals surface area (Å²) in [6.07, 6.45) is 1.00. The van der Waals surface area contributed by atoms with Gasteiger partial charge in [0.1, 0.15) is 5.82 Å². The van der Waals surface area contributed by atoms with E-state index in [2.05, 4.69) is 5.32 Å². The van der Waals surface area contributed by atoms with Crippen LogP contribution in [0.5, 0.6) is 0 Å². The summed E-state index contributed by atoms with van der Waals surface area (Å²) in [5.41, 5.74) is 1.17. The van der Waals surface area contributed by atoms with E-state index < -0.39 is 0 Å². The molecule has 76 valence electrons. The molecular weight excluding hydrogens is 197 g/mol. The van der Waals surface area contributed by atoms with Crippen LogP contribution in [-0.2, 0) is 6.42 Å². The predicted molar refractivity (Wildman–Crippen MR) is 58.2 cm³/mol. The molecule has 1 unspecified atom stereocenters. The van der Waals surface area contributed by atoms with Gasteiger partial charge in [-0.15, -0.1) is 11.8 Å². The Kier molecular flexibility index (Phi) is 3.08. The van der Waals surface area contributed by atoms with Crippen molar-refractivity contribution < 1.29 is 4.39 Å². The lowest BCUT2D eigenvalue weighted by Crippen LogP contribution is -2.25. The first-order valence-electron chi connectivity index (χ1n) is 4.85. The summed E-state index contributed by atoms with van der Waals surface area (Å²) in [4.78, 5) is 1.25. The van der Waals surface area contributed by atoms with E-state index in [0.717, 1.165) is 18.7 Å². The molecule has 0 spiro atoms. The number of thioether (sulfide) groups is 1. The number of hydrogen-bond donors (Lipinski definition) is 1. The molecule has 0 saturated heterocycles. The maximum Gasteiger partial charge on any atom is 0.123 e. The molecule has 1 atom stereocenters. The molecular formula is C11H14FNS. The average molecular weight is 211 g/mol. The fraction of sp³-hybridized carbons (Fsp3) is 0.455. The molecule has 0 bridgehead atoms. The van der Waals surface area contributed by atoms with E-state index in [1.165, 1.54) is 10.5 Å². The number of rotatable bonds is 2. The van der Waals surface area contributed by atoms with Crippen LogP contribution in [0.3, 0.4) is 0 Å². The van der Waals surface area contributed by atoms with Gasteiger partial charge in [-0.1, -0.05) is 0 Å². The molecule has 14 heavy (non-hydrogen) atoms. The van der Waals surface area contributed by atoms with Crippen LogP contribution in [0.25, 0.3) is 0 Å². The summed E-state index contributed by atoms with van der Waals surface area (Å²) >= 11 is 1.84. The Morgan fingerprint density at radius 2 is 2.43 bits per heavy atom. The van der Waals surface area contributed by atoms with Crippen LogP contribution in [0.1, 0.15) is 5.56 Å². The lowest BCUT2D eigenvalue weighted by molar-refractivity contribution is 0.535. The Hall–Kier alpha value is -0.540. The number of nitrogens with one attached hydrogen (secondary N) is 1. The molecule has 2 rings (SSSR count). The van der Waals surface area contributed by atoms with Crippen molar-refractivity contribution >= 4 is 11.8 Å². The average Bonchev–Trinajstić information content (AvgIpc) is 2.17. The first-order chi connectivity index (χ1) is 6.79. The topological polar surface area (TPSA) is 12.0 Å². The molecule has 0 fully saturated rings. The highest BCUT2D eigenvalue weighted by Gasteiger charge is 2.18. The van der Waals surface area contributed by atoms with Crippen molar-refractivity contribution in [1.82, 2.24) is 5.32 Å². The molecule has 3 heteroatoms. The highest BCUT2D eigenvalue weighted by molar-refractivity contribution is 7.99. The summed E-state index contributed by atoms with van der Waals surface area (Å²) in [7, 11) is 1.96. The highest BCUT2D eigenvalue weighted by atomic mass is 32.2. The van der Waals surface area contributed by atoms with Gasteiger partial charge in [0.05, 0.1) is 0 Å². The third kappa shape index (κ3) is 2.10. The van der Waals surface area contributed by atoms with Gasteiger partial charge in [-0.25, -0.2) is 4.39 Å². The van der Waals surface area contributed by atoms with Gasteiger partial charge >= 0.3 is 0 Å². The van der Waals surface area contributed by atoms with Gasteiger partial charge in [-0.05, 0) is 49.7 Å². The molecule has 0 radical (unpaired) electrons. The van der Waals surface area contributed by atoms with Crippen molar-refractivity contribution in [2.24, 2.45) is 5.92 Å². The molecule has 1 aliphatic heterocycles. The molecule has 1 aliphatic rings. The Labute approximate surface area is 88.1 Å². The third-order valence-electron chi connectivity index (χ3n) is 2.50. The van der Waals surface area contributed by atoms with Crippen LogP contribution in [0.15, 0.2) is 23.1 Å². The number of fused-ring (bicyclic) bond motifs is 1. The van der Waals surface area contributed by atoms with E-state index in [9.17, 15) is 4.39 Å². The fourth-order valence-corrected chi connectivity index (χ4v) is 2.99. The van der Waals surface area contributed by atoms with Crippen LogP contribution in [0, 0.1) is 11.7 Å². The quantitative estimate of drug-likeness (QED) is 0.805. The minimum atomic E-state index is -0.116. The summed E-state index contributed by atoms with van der Waals surface area (Å²) in [6, 6.07) is 5.11. The normalized spacial score (nSPS) is 20.6. The van der Waals surface area contributed by atoms with Gasteiger partial charge < -0.3 is 5.32 Å². The lowest BCUT2D eigenvalue weighted by Gasteiger charge is -2.23. The summed E-state index contributed by atoms with van der Waals surface area (Å²) in [6.45, 7) is 1.02. The van der Waals surface area contributed by atoms with Crippen molar-refractivity contribution in [3.8, 4) is 0 Å². The lowest BCUT2D eigenvalue weighted by atomic mass is 10.0. The molecule has 0 saturated carbocycles. The van der Waals surface area contributed by atoms with Crippen LogP contribution in [0.2, 0.25) is 0 Å². The van der Waals surface area contributed by atoms with E-state index in [0.29, 0.717) is 5.92 Å². The Bertz CT molecular complexity index is 327. The second-order valence-corrected chi connectivity index (χ2v) is 4.75. The summed E-state index contributed by atoms with van der Waals surface area (Å²) in [5.74, 6) is 1.66. The van der Waals surface area contributed by atoms with Crippen molar-refractivity contribution in [3.05, 3.63) is 29.6 Å². The van der Waals surface area contributed by atoms with Crippen LogP contribution in [0.4, 0.5) is 4.39 Å². The molecule has 1 aromatic carbocycles. The molecule has 1 aromatic rings. The Morgan fingerprint density at radius 1 is 1.57 bits per heavy atom. The first-order valence-corrected chi connectivity index (χ1v) is 5.84. The second kappa shape index (κ2) is 4.32.